The van der Waals surface area contributed by atoms with Gasteiger partial charge in [0, 0.05) is 0 Å². The second-order valence-corrected chi connectivity index (χ2v) is 5.31. The Kier molecular flexibility index (Phi) is 1.90. The smallest absolute Gasteiger partial charge is 0.345 e. The molecule has 1 aliphatic rings. The van der Waals surface area contributed by atoms with Crippen molar-refractivity contribution in [2.75, 3.05) is 0 Å². The second-order valence-electron chi connectivity index (χ2n) is 3.40. The summed E-state index contributed by atoms with van der Waals surface area (Å²) in [5.41, 5.74) is 4.11. The molecule has 0 amide bonds. The van der Waals surface area contributed by atoms with Gasteiger partial charge in [-0.2, -0.15) is 0 Å². The van der Waals surface area contributed by atoms with Crippen molar-refractivity contribution < 1.29 is 9.90 Å². The Balaban J connectivity index is 2.20. The van der Waals surface area contributed by atoms with Crippen LogP contribution < -0.4 is 0 Å². The quantitative estimate of drug-likeness (QED) is 0.829. The van der Waals surface area contributed by atoms with Gasteiger partial charge in [-0.25, -0.2) is 9.78 Å². The molecule has 3 rings (SSSR count). The van der Waals surface area contributed by atoms with Gasteiger partial charge in [-0.3, -0.25) is 0 Å². The third kappa shape index (κ3) is 1.31. The molecule has 0 saturated carbocycles. The van der Waals surface area contributed by atoms with Crippen molar-refractivity contribution in [3.63, 3.8) is 0 Å². The van der Waals surface area contributed by atoms with Crippen LogP contribution in [-0.4, -0.2) is 16.1 Å². The molecule has 0 saturated heterocycles. The van der Waals surface area contributed by atoms with Crippen molar-refractivity contribution in [1.29, 1.82) is 0 Å². The molecule has 1 N–H and O–H groups in total. The van der Waals surface area contributed by atoms with Gasteiger partial charge in [0.2, 0.25) is 0 Å². The molecular formula is C10H7NO2S2. The minimum Gasteiger partial charge on any atom is -0.477 e. The Morgan fingerprint density at radius 1 is 1.40 bits per heavy atom. The number of fused-ring (bicyclic) bond motifs is 3. The molecule has 0 unspecified atom stereocenters. The number of nitrogens with zero attached hydrogens (tertiary/aromatic N) is 1. The lowest BCUT2D eigenvalue weighted by Crippen LogP contribution is -1.98. The molecule has 3 nitrogen and oxygen atoms in total. The van der Waals surface area contributed by atoms with E-state index < -0.39 is 5.97 Å². The first-order valence-corrected chi connectivity index (χ1v) is 6.24. The zero-order chi connectivity index (χ0) is 10.4. The first kappa shape index (κ1) is 9.06. The molecule has 0 fully saturated rings. The van der Waals surface area contributed by atoms with E-state index in [0.717, 1.165) is 33.9 Å². The van der Waals surface area contributed by atoms with Gasteiger partial charge >= 0.3 is 5.97 Å². The lowest BCUT2D eigenvalue weighted by molar-refractivity contribution is 0.0702. The number of carboxylic acids is 1. The van der Waals surface area contributed by atoms with Gasteiger partial charge in [-0.15, -0.1) is 22.7 Å². The molecule has 2 aromatic rings. The van der Waals surface area contributed by atoms with Gasteiger partial charge in [0.05, 0.1) is 21.0 Å². The maximum Gasteiger partial charge on any atom is 0.345 e. The van der Waals surface area contributed by atoms with Gasteiger partial charge in [0.25, 0.3) is 0 Å². The molecule has 0 spiro atoms. The Morgan fingerprint density at radius 3 is 3.07 bits per heavy atom. The van der Waals surface area contributed by atoms with Crippen LogP contribution in [0.1, 0.15) is 20.9 Å². The van der Waals surface area contributed by atoms with Gasteiger partial charge in [-0.05, 0) is 24.5 Å². The van der Waals surface area contributed by atoms with E-state index in [4.69, 9.17) is 5.11 Å². The van der Waals surface area contributed by atoms with Crippen LogP contribution >= 0.6 is 22.7 Å². The van der Waals surface area contributed by atoms with Gasteiger partial charge < -0.3 is 5.11 Å². The molecule has 0 atom stereocenters. The van der Waals surface area contributed by atoms with Crippen LogP contribution in [0.25, 0.3) is 9.75 Å². The summed E-state index contributed by atoms with van der Waals surface area (Å²) in [7, 11) is 0. The van der Waals surface area contributed by atoms with Crippen LogP contribution in [0.3, 0.4) is 0 Å². The first-order valence-electron chi connectivity index (χ1n) is 4.54. The predicted molar refractivity (Wildman–Crippen MR) is 59.8 cm³/mol. The molecule has 15 heavy (non-hydrogen) atoms. The molecule has 0 aliphatic heterocycles. The highest BCUT2D eigenvalue weighted by molar-refractivity contribution is 7.22. The summed E-state index contributed by atoms with van der Waals surface area (Å²) in [6.07, 6.45) is 1.84. The van der Waals surface area contributed by atoms with E-state index >= 15 is 0 Å². The monoisotopic (exact) mass is 237 g/mol. The Labute approximate surface area is 94.0 Å². The van der Waals surface area contributed by atoms with Gasteiger partial charge in [0.15, 0.2) is 0 Å². The number of thiophene rings is 1. The van der Waals surface area contributed by atoms with Crippen LogP contribution in [0, 0.1) is 0 Å². The lowest BCUT2D eigenvalue weighted by atomic mass is 10.0. The Hall–Kier alpha value is -1.20. The molecule has 76 valence electrons. The number of hydrogen-bond acceptors (Lipinski definition) is 4. The van der Waals surface area contributed by atoms with Crippen LogP contribution in [0.4, 0.5) is 0 Å². The van der Waals surface area contributed by atoms with Crippen LogP contribution in [0.5, 0.6) is 0 Å². The highest BCUT2D eigenvalue weighted by Gasteiger charge is 2.23. The third-order valence-corrected chi connectivity index (χ3v) is 4.70. The average molecular weight is 237 g/mol. The highest BCUT2D eigenvalue weighted by Crippen LogP contribution is 2.41. The molecule has 0 radical (unpaired) electrons. The fourth-order valence-corrected chi connectivity index (χ4v) is 3.89. The first-order chi connectivity index (χ1) is 7.25. The van der Waals surface area contributed by atoms with Crippen molar-refractivity contribution in [3.8, 4) is 9.75 Å². The summed E-state index contributed by atoms with van der Waals surface area (Å²) in [4.78, 5) is 17.9. The molecule has 2 heterocycles. The summed E-state index contributed by atoms with van der Waals surface area (Å²) < 4.78 is 0. The summed E-state index contributed by atoms with van der Waals surface area (Å²) in [5.74, 6) is -0.833. The largest absolute Gasteiger partial charge is 0.477 e. The third-order valence-electron chi connectivity index (χ3n) is 2.50. The van der Waals surface area contributed by atoms with Crippen molar-refractivity contribution in [3.05, 3.63) is 27.7 Å². The predicted octanol–water partition coefficient (Wildman–Crippen LogP) is 2.67. The van der Waals surface area contributed by atoms with Crippen molar-refractivity contribution >= 4 is 28.6 Å². The van der Waals surface area contributed by atoms with Crippen molar-refractivity contribution in [1.82, 2.24) is 4.98 Å². The Bertz CT molecular complexity index is 541. The maximum atomic E-state index is 10.9. The molecule has 1 aliphatic carbocycles. The summed E-state index contributed by atoms with van der Waals surface area (Å²) in [6.45, 7) is 0. The van der Waals surface area contributed by atoms with E-state index in [1.54, 1.807) is 17.4 Å². The fourth-order valence-electron chi connectivity index (χ4n) is 1.80. The maximum absolute atomic E-state index is 10.9. The molecule has 0 aromatic carbocycles. The lowest BCUT2D eigenvalue weighted by Gasteiger charge is -2.09. The van der Waals surface area contributed by atoms with E-state index in [1.807, 2.05) is 5.51 Å². The van der Waals surface area contributed by atoms with E-state index in [-0.39, 0.29) is 0 Å². The zero-order valence-corrected chi connectivity index (χ0v) is 9.32. The summed E-state index contributed by atoms with van der Waals surface area (Å²) in [5, 5.41) is 8.93. The number of carboxylic acid groups (broad SMARTS) is 1. The zero-order valence-electron chi connectivity index (χ0n) is 7.69. The van der Waals surface area contributed by atoms with Gasteiger partial charge in [-0.1, -0.05) is 0 Å². The van der Waals surface area contributed by atoms with Crippen LogP contribution in [0.2, 0.25) is 0 Å². The van der Waals surface area contributed by atoms with Crippen molar-refractivity contribution in [2.45, 2.75) is 12.8 Å². The van der Waals surface area contributed by atoms with E-state index in [9.17, 15) is 4.79 Å². The number of thiazole rings is 1. The van der Waals surface area contributed by atoms with E-state index in [2.05, 4.69) is 4.98 Å². The SMILES string of the molecule is O=C(O)c1cc2c(s1)-c1scnc1CC2. The standard InChI is InChI=1S/C10H7NO2S2/c12-10(13)7-3-5-1-2-6-9(8(5)15-7)14-4-11-6/h3-4H,1-2H2,(H,12,13). The average Bonchev–Trinajstić information content (AvgIpc) is 2.82. The number of aromatic carboxylic acids is 1. The van der Waals surface area contributed by atoms with Crippen LogP contribution in [0.15, 0.2) is 11.6 Å². The minimum atomic E-state index is -0.833. The Morgan fingerprint density at radius 2 is 2.27 bits per heavy atom. The van der Waals surface area contributed by atoms with Gasteiger partial charge in [0.1, 0.15) is 4.88 Å². The van der Waals surface area contributed by atoms with Crippen LogP contribution in [-0.2, 0) is 12.8 Å². The minimum absolute atomic E-state index is 0.432. The van der Waals surface area contributed by atoms with Crippen molar-refractivity contribution in [2.24, 2.45) is 0 Å². The van der Waals surface area contributed by atoms with E-state index in [1.165, 1.54) is 11.3 Å². The topological polar surface area (TPSA) is 50.2 Å². The fraction of sp³-hybridized carbons (Fsp3) is 0.200. The molecular weight excluding hydrogens is 230 g/mol. The summed E-state index contributed by atoms with van der Waals surface area (Å²) >= 11 is 2.96. The molecule has 0 bridgehead atoms. The number of aryl methyl sites for hydroxylation is 2. The second kappa shape index (κ2) is 3.15. The summed E-state index contributed by atoms with van der Waals surface area (Å²) in [6, 6.07) is 1.80. The molecule has 2 aromatic heterocycles. The van der Waals surface area contributed by atoms with E-state index in [0.29, 0.717) is 4.88 Å². The highest BCUT2D eigenvalue weighted by atomic mass is 32.1. The number of carbonyl (C=O) groups is 1. The number of hydrogen-bond donors (Lipinski definition) is 1. The number of rotatable bonds is 1. The molecule has 5 heteroatoms. The normalized spacial score (nSPS) is 13.3. The number of aromatic nitrogens is 1.